The zero-order valence-electron chi connectivity index (χ0n) is 22.3. The molecule has 1 saturated heterocycles. The normalized spacial score (nSPS) is 14.7. The number of terminal acetylenes is 1. The molecule has 3 aromatic rings. The minimum Gasteiger partial charge on any atom is -0.369 e. The largest absolute Gasteiger partial charge is 0.369 e. The first-order valence-electron chi connectivity index (χ1n) is 12.5. The van der Waals surface area contributed by atoms with Gasteiger partial charge in [-0.25, -0.2) is 18.1 Å². The Bertz CT molecular complexity index is 1400. The molecule has 0 unspecified atom stereocenters. The lowest BCUT2D eigenvalue weighted by molar-refractivity contribution is 0.288. The summed E-state index contributed by atoms with van der Waals surface area (Å²) >= 11 is 0. The zero-order chi connectivity index (χ0) is 27.3. The van der Waals surface area contributed by atoms with E-state index < -0.39 is 15.6 Å². The highest BCUT2D eigenvalue weighted by Crippen LogP contribution is 2.25. The quantitative estimate of drug-likeness (QED) is 0.372. The molecule has 9 nitrogen and oxygen atoms in total. The molecular formula is C28H35N7O2S. The van der Waals surface area contributed by atoms with Gasteiger partial charge >= 0.3 is 0 Å². The average molecular weight is 534 g/mol. The van der Waals surface area contributed by atoms with E-state index in [4.69, 9.17) is 6.42 Å². The van der Waals surface area contributed by atoms with Gasteiger partial charge in [0.15, 0.2) is 0 Å². The van der Waals surface area contributed by atoms with E-state index in [-0.39, 0.29) is 4.90 Å². The first-order chi connectivity index (χ1) is 18.0. The number of hydrogen-bond acceptors (Lipinski definition) is 8. The van der Waals surface area contributed by atoms with E-state index in [0.29, 0.717) is 24.0 Å². The fourth-order valence-electron chi connectivity index (χ4n) is 4.15. The summed E-state index contributed by atoms with van der Waals surface area (Å²) < 4.78 is 28.2. The van der Waals surface area contributed by atoms with E-state index in [1.165, 1.54) is 5.69 Å². The molecule has 0 amide bonds. The van der Waals surface area contributed by atoms with Gasteiger partial charge in [0, 0.05) is 60.5 Å². The van der Waals surface area contributed by atoms with E-state index >= 15 is 0 Å². The first-order valence-corrected chi connectivity index (χ1v) is 14.0. The predicted octanol–water partition coefficient (Wildman–Crippen LogP) is 4.10. The van der Waals surface area contributed by atoms with Crippen LogP contribution in [0.5, 0.6) is 0 Å². The predicted molar refractivity (Wildman–Crippen MR) is 154 cm³/mol. The Morgan fingerprint density at radius 1 is 1.00 bits per heavy atom. The number of benzene rings is 2. The molecular weight excluding hydrogens is 498 g/mol. The Kier molecular flexibility index (Phi) is 8.21. The van der Waals surface area contributed by atoms with Crippen LogP contribution in [-0.2, 0) is 10.0 Å². The van der Waals surface area contributed by atoms with Crippen molar-refractivity contribution in [1.29, 1.82) is 0 Å². The van der Waals surface area contributed by atoms with Crippen LogP contribution in [0.25, 0.3) is 0 Å². The summed E-state index contributed by atoms with van der Waals surface area (Å²) in [6.07, 6.45) is 7.16. The van der Waals surface area contributed by atoms with Crippen molar-refractivity contribution in [2.75, 3.05) is 48.3 Å². The van der Waals surface area contributed by atoms with Crippen LogP contribution in [0.4, 0.5) is 28.8 Å². The van der Waals surface area contributed by atoms with Gasteiger partial charge in [0.1, 0.15) is 5.82 Å². The lowest BCUT2D eigenvalue weighted by Crippen LogP contribution is -2.46. The van der Waals surface area contributed by atoms with Crippen LogP contribution in [0.15, 0.2) is 59.6 Å². The zero-order valence-corrected chi connectivity index (χ0v) is 23.1. The molecule has 2 aromatic carbocycles. The number of nitrogens with one attached hydrogen (secondary N) is 3. The fraction of sp³-hybridized carbons (Fsp3) is 0.357. The molecule has 3 N–H and O–H groups in total. The van der Waals surface area contributed by atoms with Crippen molar-refractivity contribution in [2.24, 2.45) is 0 Å². The molecule has 10 heteroatoms. The Morgan fingerprint density at radius 3 is 2.37 bits per heavy atom. The summed E-state index contributed by atoms with van der Waals surface area (Å²) in [6.45, 7) is 11.8. The highest BCUT2D eigenvalue weighted by Gasteiger charge is 2.22. The summed E-state index contributed by atoms with van der Waals surface area (Å²) in [5.74, 6) is 3.74. The monoisotopic (exact) mass is 533 g/mol. The van der Waals surface area contributed by atoms with E-state index in [9.17, 15) is 8.42 Å². The second-order valence-corrected chi connectivity index (χ2v) is 12.1. The van der Waals surface area contributed by atoms with Gasteiger partial charge in [0.05, 0.1) is 11.4 Å². The van der Waals surface area contributed by atoms with Crippen molar-refractivity contribution in [2.45, 2.75) is 38.1 Å². The molecule has 0 radical (unpaired) electrons. The molecule has 38 heavy (non-hydrogen) atoms. The number of anilines is 5. The number of aromatic nitrogens is 2. The van der Waals surface area contributed by atoms with Crippen LogP contribution in [0.1, 0.15) is 26.3 Å². The van der Waals surface area contributed by atoms with Crippen molar-refractivity contribution in [3.05, 3.63) is 60.3 Å². The third-order valence-corrected chi connectivity index (χ3v) is 7.75. The molecule has 4 rings (SSSR count). The maximum atomic E-state index is 12.8. The Morgan fingerprint density at radius 2 is 1.71 bits per heavy atom. The SMILES string of the molecule is C#CCN1CCN(c2ccc(Nc3ncc(C)c(Nc4cccc(S(=O)(=O)NC(C)(C)C)c4)n3)cc2)CC1. The van der Waals surface area contributed by atoms with Crippen LogP contribution in [0.3, 0.4) is 0 Å². The highest BCUT2D eigenvalue weighted by molar-refractivity contribution is 7.89. The summed E-state index contributed by atoms with van der Waals surface area (Å²) in [6, 6.07) is 14.9. The van der Waals surface area contributed by atoms with Gasteiger partial charge in [-0.05, 0) is 70.2 Å². The van der Waals surface area contributed by atoms with Crippen LogP contribution in [0, 0.1) is 19.3 Å². The van der Waals surface area contributed by atoms with E-state index in [0.717, 1.165) is 37.4 Å². The third kappa shape index (κ3) is 7.22. The van der Waals surface area contributed by atoms with Crippen LogP contribution in [0.2, 0.25) is 0 Å². The number of rotatable bonds is 8. The van der Waals surface area contributed by atoms with E-state index in [2.05, 4.69) is 53.2 Å². The Balaban J connectivity index is 1.43. The molecule has 0 bridgehead atoms. The lowest BCUT2D eigenvalue weighted by Gasteiger charge is -2.35. The fourth-order valence-corrected chi connectivity index (χ4v) is 5.61. The van der Waals surface area contributed by atoms with E-state index in [1.54, 1.807) is 30.5 Å². The summed E-state index contributed by atoms with van der Waals surface area (Å²) in [4.78, 5) is 13.8. The third-order valence-electron chi connectivity index (χ3n) is 6.00. The number of aryl methyl sites for hydroxylation is 1. The van der Waals surface area contributed by atoms with Crippen molar-refractivity contribution in [3.63, 3.8) is 0 Å². The van der Waals surface area contributed by atoms with Crippen LogP contribution < -0.4 is 20.3 Å². The number of piperazine rings is 1. The minimum absolute atomic E-state index is 0.181. The molecule has 0 saturated carbocycles. The molecule has 1 fully saturated rings. The lowest BCUT2D eigenvalue weighted by atomic mass is 10.1. The van der Waals surface area contributed by atoms with Crippen molar-refractivity contribution < 1.29 is 8.42 Å². The van der Waals surface area contributed by atoms with Crippen molar-refractivity contribution >= 4 is 38.9 Å². The Hall–Kier alpha value is -3.65. The van der Waals surface area contributed by atoms with Crippen LogP contribution >= 0.6 is 0 Å². The number of hydrogen-bond donors (Lipinski definition) is 3. The molecule has 0 spiro atoms. The minimum atomic E-state index is -3.66. The van der Waals surface area contributed by atoms with Crippen molar-refractivity contribution in [1.82, 2.24) is 19.6 Å². The van der Waals surface area contributed by atoms with Gasteiger partial charge in [0.25, 0.3) is 0 Å². The van der Waals surface area contributed by atoms with Crippen LogP contribution in [-0.4, -0.2) is 61.5 Å². The maximum absolute atomic E-state index is 12.8. The summed E-state index contributed by atoms with van der Waals surface area (Å²) in [5.41, 5.74) is 2.90. The van der Waals surface area contributed by atoms with Gasteiger partial charge in [0.2, 0.25) is 16.0 Å². The Labute approximate surface area is 225 Å². The topological polar surface area (TPSA) is 102 Å². The summed E-state index contributed by atoms with van der Waals surface area (Å²) in [7, 11) is -3.66. The molecule has 0 atom stereocenters. The van der Waals surface area contributed by atoms with Crippen molar-refractivity contribution in [3.8, 4) is 12.3 Å². The molecule has 1 aliphatic rings. The number of sulfonamides is 1. The van der Waals surface area contributed by atoms with Gasteiger partial charge in [-0.1, -0.05) is 12.0 Å². The molecule has 0 aliphatic carbocycles. The van der Waals surface area contributed by atoms with Gasteiger partial charge < -0.3 is 15.5 Å². The second kappa shape index (κ2) is 11.4. The molecule has 2 heterocycles. The first kappa shape index (κ1) is 27.4. The van der Waals surface area contributed by atoms with Gasteiger partial charge in [-0.3, -0.25) is 4.90 Å². The van der Waals surface area contributed by atoms with Gasteiger partial charge in [-0.2, -0.15) is 4.98 Å². The maximum Gasteiger partial charge on any atom is 0.241 e. The summed E-state index contributed by atoms with van der Waals surface area (Å²) in [5, 5.41) is 6.49. The van der Waals surface area contributed by atoms with Gasteiger partial charge in [-0.15, -0.1) is 6.42 Å². The molecule has 200 valence electrons. The van der Waals surface area contributed by atoms with E-state index in [1.807, 2.05) is 39.8 Å². The molecule has 1 aliphatic heterocycles. The smallest absolute Gasteiger partial charge is 0.241 e. The average Bonchev–Trinajstić information content (AvgIpc) is 2.86. The number of nitrogens with zero attached hydrogens (tertiary/aromatic N) is 4. The standard InChI is InChI=1S/C28H35N7O2S/c1-6-14-34-15-17-35(18-16-34)24-12-10-22(11-13-24)31-27-29-20-21(2)26(32-27)30-23-8-7-9-25(19-23)38(36,37)33-28(3,4)5/h1,7-13,19-20,33H,14-18H2,2-5H3,(H2,29,30,31,32). The highest BCUT2D eigenvalue weighted by atomic mass is 32.2. The molecule has 1 aromatic heterocycles. The second-order valence-electron chi connectivity index (χ2n) is 10.4.